The van der Waals surface area contributed by atoms with Crippen LogP contribution >= 0.6 is 11.6 Å². The molecule has 33 heavy (non-hydrogen) atoms. The number of anilines is 1. The van der Waals surface area contributed by atoms with Gasteiger partial charge in [0, 0.05) is 5.02 Å². The van der Waals surface area contributed by atoms with Crippen molar-refractivity contribution in [2.24, 2.45) is 0 Å². The summed E-state index contributed by atoms with van der Waals surface area (Å²) in [7, 11) is 0. The van der Waals surface area contributed by atoms with Crippen molar-refractivity contribution in [3.05, 3.63) is 93.3 Å². The Morgan fingerprint density at radius 3 is 2.52 bits per heavy atom. The third-order valence-corrected chi connectivity index (χ3v) is 5.51. The minimum Gasteiger partial charge on any atom is -0.489 e. The molecule has 0 bridgehead atoms. The predicted molar refractivity (Wildman–Crippen MR) is 122 cm³/mol. The number of hydrogen-bond donors (Lipinski definition) is 1. The molecule has 0 saturated carbocycles. The molecule has 2 aromatic heterocycles. The van der Waals surface area contributed by atoms with Crippen molar-refractivity contribution in [3.63, 3.8) is 0 Å². The van der Waals surface area contributed by atoms with Crippen LogP contribution in [0.25, 0.3) is 0 Å². The number of rotatable bonds is 7. The van der Waals surface area contributed by atoms with Crippen LogP contribution in [0, 0.1) is 26.6 Å². The largest absolute Gasteiger partial charge is 0.489 e. The summed E-state index contributed by atoms with van der Waals surface area (Å²) in [5.74, 6) is 0.391. The standard InChI is InChI=1S/C24H22ClFN4O3/c1-14-22(15(2)30(28-14)12-17-4-8-19(26)9-5-17)27-24(31)23-21(16(3)33-29-23)13-32-20-10-6-18(25)7-11-20/h4-11H,12-13H2,1-3H3,(H,27,31). The smallest absolute Gasteiger partial charge is 0.278 e. The monoisotopic (exact) mass is 468 g/mol. The minimum atomic E-state index is -0.422. The first kappa shape index (κ1) is 22.5. The van der Waals surface area contributed by atoms with Crippen LogP contribution in [0.1, 0.15) is 38.8 Å². The maximum absolute atomic E-state index is 13.2. The van der Waals surface area contributed by atoms with Crippen molar-refractivity contribution in [2.45, 2.75) is 33.9 Å². The first-order valence-corrected chi connectivity index (χ1v) is 10.6. The summed E-state index contributed by atoms with van der Waals surface area (Å²) < 4.78 is 26.0. The first-order chi connectivity index (χ1) is 15.8. The molecule has 1 amide bonds. The van der Waals surface area contributed by atoms with Gasteiger partial charge in [0.2, 0.25) is 0 Å². The summed E-state index contributed by atoms with van der Waals surface area (Å²) in [6, 6.07) is 13.2. The van der Waals surface area contributed by atoms with Crippen LogP contribution in [-0.2, 0) is 13.2 Å². The summed E-state index contributed by atoms with van der Waals surface area (Å²) in [5, 5.41) is 11.9. The third kappa shape index (κ3) is 5.06. The van der Waals surface area contributed by atoms with Gasteiger partial charge in [-0.25, -0.2) is 4.39 Å². The van der Waals surface area contributed by atoms with E-state index in [1.165, 1.54) is 12.1 Å². The number of amides is 1. The lowest BCUT2D eigenvalue weighted by atomic mass is 10.2. The van der Waals surface area contributed by atoms with Crippen molar-refractivity contribution in [1.82, 2.24) is 14.9 Å². The second kappa shape index (κ2) is 9.46. The van der Waals surface area contributed by atoms with Crippen LogP contribution in [0.15, 0.2) is 53.1 Å². The molecule has 4 rings (SSSR count). The van der Waals surface area contributed by atoms with Gasteiger partial charge in [-0.1, -0.05) is 28.9 Å². The van der Waals surface area contributed by atoms with Crippen molar-refractivity contribution in [1.29, 1.82) is 0 Å². The van der Waals surface area contributed by atoms with Crippen molar-refractivity contribution in [2.75, 3.05) is 5.32 Å². The Morgan fingerprint density at radius 1 is 1.12 bits per heavy atom. The van der Waals surface area contributed by atoms with Gasteiger partial charge >= 0.3 is 0 Å². The number of aromatic nitrogens is 3. The Hall–Kier alpha value is -3.65. The molecule has 0 unspecified atom stereocenters. The zero-order chi connectivity index (χ0) is 23.5. The van der Waals surface area contributed by atoms with E-state index in [9.17, 15) is 9.18 Å². The molecule has 0 atom stereocenters. The molecule has 170 valence electrons. The molecule has 0 radical (unpaired) electrons. The molecule has 0 aliphatic heterocycles. The molecule has 4 aromatic rings. The van der Waals surface area contributed by atoms with E-state index in [-0.39, 0.29) is 18.1 Å². The predicted octanol–water partition coefficient (Wildman–Crippen LogP) is 5.47. The molecule has 0 spiro atoms. The Bertz CT molecular complexity index is 1280. The lowest BCUT2D eigenvalue weighted by Crippen LogP contribution is -2.16. The van der Waals surface area contributed by atoms with Crippen LogP contribution in [0.3, 0.4) is 0 Å². The van der Waals surface area contributed by atoms with E-state index < -0.39 is 5.91 Å². The number of carbonyl (C=O) groups excluding carboxylic acids is 1. The molecule has 1 N–H and O–H groups in total. The van der Waals surface area contributed by atoms with E-state index in [0.29, 0.717) is 40.0 Å². The molecule has 7 nitrogen and oxygen atoms in total. The molecular weight excluding hydrogens is 447 g/mol. The Morgan fingerprint density at radius 2 is 1.82 bits per heavy atom. The van der Waals surface area contributed by atoms with Crippen LogP contribution in [0.2, 0.25) is 5.02 Å². The van der Waals surface area contributed by atoms with E-state index in [0.717, 1.165) is 11.3 Å². The number of halogens is 2. The zero-order valence-corrected chi connectivity index (χ0v) is 19.1. The van der Waals surface area contributed by atoms with Crippen LogP contribution in [0.5, 0.6) is 5.75 Å². The number of carbonyl (C=O) groups is 1. The minimum absolute atomic E-state index is 0.113. The van der Waals surface area contributed by atoms with E-state index >= 15 is 0 Å². The summed E-state index contributed by atoms with van der Waals surface area (Å²) >= 11 is 5.90. The van der Waals surface area contributed by atoms with E-state index in [1.54, 1.807) is 48.0 Å². The number of aryl methyl sites for hydroxylation is 2. The fraction of sp³-hybridized carbons (Fsp3) is 0.208. The second-order valence-corrected chi connectivity index (χ2v) is 8.03. The number of hydrogen-bond acceptors (Lipinski definition) is 5. The second-order valence-electron chi connectivity index (χ2n) is 7.59. The first-order valence-electron chi connectivity index (χ1n) is 10.2. The summed E-state index contributed by atoms with van der Waals surface area (Å²) in [4.78, 5) is 13.0. The highest BCUT2D eigenvalue weighted by Crippen LogP contribution is 2.24. The summed E-state index contributed by atoms with van der Waals surface area (Å²) in [5.41, 5.74) is 3.61. The van der Waals surface area contributed by atoms with Gasteiger partial charge < -0.3 is 14.6 Å². The van der Waals surface area contributed by atoms with Gasteiger partial charge in [0.1, 0.15) is 23.9 Å². The van der Waals surface area contributed by atoms with Gasteiger partial charge in [-0.2, -0.15) is 5.10 Å². The average Bonchev–Trinajstić information content (AvgIpc) is 3.29. The molecular formula is C24H22ClFN4O3. The van der Waals surface area contributed by atoms with Crippen LogP contribution in [-0.4, -0.2) is 20.8 Å². The Labute approximate surface area is 195 Å². The fourth-order valence-corrected chi connectivity index (χ4v) is 3.52. The zero-order valence-electron chi connectivity index (χ0n) is 18.4. The van der Waals surface area contributed by atoms with Gasteiger partial charge in [0.25, 0.3) is 5.91 Å². The van der Waals surface area contributed by atoms with Gasteiger partial charge in [-0.15, -0.1) is 0 Å². The van der Waals surface area contributed by atoms with Gasteiger partial charge in [0.15, 0.2) is 5.69 Å². The van der Waals surface area contributed by atoms with Gasteiger partial charge in [0.05, 0.1) is 29.2 Å². The van der Waals surface area contributed by atoms with Gasteiger partial charge in [-0.05, 0) is 62.7 Å². The molecule has 2 heterocycles. The molecule has 0 fully saturated rings. The van der Waals surface area contributed by atoms with Crippen molar-refractivity contribution in [3.8, 4) is 5.75 Å². The van der Waals surface area contributed by atoms with E-state index in [2.05, 4.69) is 15.6 Å². The molecule has 0 aliphatic carbocycles. The van der Waals surface area contributed by atoms with Crippen LogP contribution in [0.4, 0.5) is 10.1 Å². The number of nitrogens with one attached hydrogen (secondary N) is 1. The Kier molecular flexibility index (Phi) is 6.46. The average molecular weight is 469 g/mol. The topological polar surface area (TPSA) is 82.2 Å². The maximum Gasteiger partial charge on any atom is 0.278 e. The lowest BCUT2D eigenvalue weighted by Gasteiger charge is -2.08. The highest BCUT2D eigenvalue weighted by atomic mass is 35.5. The van der Waals surface area contributed by atoms with Gasteiger partial charge in [-0.3, -0.25) is 9.48 Å². The number of benzene rings is 2. The highest BCUT2D eigenvalue weighted by Gasteiger charge is 2.23. The highest BCUT2D eigenvalue weighted by molar-refractivity contribution is 6.30. The quantitative estimate of drug-likeness (QED) is 0.389. The van der Waals surface area contributed by atoms with E-state index in [4.69, 9.17) is 20.9 Å². The maximum atomic E-state index is 13.2. The number of ether oxygens (including phenoxy) is 1. The van der Waals surface area contributed by atoms with Crippen molar-refractivity contribution >= 4 is 23.2 Å². The van der Waals surface area contributed by atoms with E-state index in [1.807, 2.05) is 13.8 Å². The van der Waals surface area contributed by atoms with Crippen LogP contribution < -0.4 is 10.1 Å². The normalized spacial score (nSPS) is 10.9. The molecule has 0 saturated heterocycles. The lowest BCUT2D eigenvalue weighted by molar-refractivity contribution is 0.101. The van der Waals surface area contributed by atoms with Crippen molar-refractivity contribution < 1.29 is 18.4 Å². The third-order valence-electron chi connectivity index (χ3n) is 5.26. The number of nitrogens with zero attached hydrogens (tertiary/aromatic N) is 3. The SMILES string of the molecule is Cc1nn(Cc2ccc(F)cc2)c(C)c1NC(=O)c1noc(C)c1COc1ccc(Cl)cc1. The summed E-state index contributed by atoms with van der Waals surface area (Å²) in [6.07, 6.45) is 0. The Balaban J connectivity index is 1.50. The molecule has 9 heteroatoms. The summed E-state index contributed by atoms with van der Waals surface area (Å²) in [6.45, 7) is 5.95. The molecule has 0 aliphatic rings. The fourth-order valence-electron chi connectivity index (χ4n) is 3.39. The molecule has 2 aromatic carbocycles.